The van der Waals surface area contributed by atoms with E-state index in [2.05, 4.69) is 20.8 Å². The smallest absolute Gasteiger partial charge is 0.305 e. The van der Waals surface area contributed by atoms with Gasteiger partial charge in [-0.3, -0.25) is 4.79 Å². The van der Waals surface area contributed by atoms with Crippen molar-refractivity contribution in [1.29, 1.82) is 0 Å². The molecule has 4 rings (SSSR count). The first-order chi connectivity index (χ1) is 13.3. The van der Waals surface area contributed by atoms with Gasteiger partial charge in [-0.2, -0.15) is 0 Å². The van der Waals surface area contributed by atoms with Crippen molar-refractivity contribution < 1.29 is 14.6 Å². The van der Waals surface area contributed by atoms with Gasteiger partial charge in [-0.15, -0.1) is 0 Å². The van der Waals surface area contributed by atoms with E-state index in [0.717, 1.165) is 48.9 Å². The molecule has 0 unspecified atom stereocenters. The van der Waals surface area contributed by atoms with Crippen LogP contribution in [0.3, 0.4) is 0 Å². The predicted octanol–water partition coefficient (Wildman–Crippen LogP) is 5.60. The van der Waals surface area contributed by atoms with E-state index in [0.29, 0.717) is 23.2 Å². The van der Waals surface area contributed by atoms with Gasteiger partial charge in [0, 0.05) is 6.42 Å². The fraction of sp³-hybridized carbons (Fsp3) is 0.960. The summed E-state index contributed by atoms with van der Waals surface area (Å²) in [5.41, 5.74) is 0.937. The summed E-state index contributed by atoms with van der Waals surface area (Å²) in [5.74, 6) is 4.72. The van der Waals surface area contributed by atoms with Crippen molar-refractivity contribution in [3.8, 4) is 0 Å². The molecule has 0 spiro atoms. The van der Waals surface area contributed by atoms with Crippen molar-refractivity contribution in [3.05, 3.63) is 0 Å². The van der Waals surface area contributed by atoms with E-state index in [4.69, 9.17) is 4.74 Å². The van der Waals surface area contributed by atoms with E-state index in [1.165, 1.54) is 52.1 Å². The normalized spacial score (nSPS) is 48.9. The second kappa shape index (κ2) is 7.60. The van der Waals surface area contributed by atoms with Crippen molar-refractivity contribution in [1.82, 2.24) is 0 Å². The van der Waals surface area contributed by atoms with E-state index in [-0.39, 0.29) is 12.1 Å². The zero-order valence-corrected chi connectivity index (χ0v) is 18.6. The standard InChI is InChI=1S/C25H42O3/c1-16(5-10-23(27)28-4)20-8-9-21-19-7-6-17-15-18(26)11-13-24(17,2)22(19)12-14-25(20,21)3/h16-22,26H,5-15H2,1-4H3/t16-,17-,18-,19+,20-,21+,22+,24+,25-/m0/s1. The molecular formula is C25H42O3. The van der Waals surface area contributed by atoms with Crippen LogP contribution in [0.2, 0.25) is 0 Å². The minimum Gasteiger partial charge on any atom is -0.469 e. The number of hydrogen-bond donors (Lipinski definition) is 1. The number of methoxy groups -OCH3 is 1. The Morgan fingerprint density at radius 3 is 2.50 bits per heavy atom. The Kier molecular flexibility index (Phi) is 5.61. The second-order valence-corrected chi connectivity index (χ2v) is 11.4. The average molecular weight is 391 g/mol. The number of aliphatic hydroxyl groups is 1. The van der Waals surface area contributed by atoms with E-state index in [1.807, 2.05) is 0 Å². The summed E-state index contributed by atoms with van der Waals surface area (Å²) in [7, 11) is 1.50. The predicted molar refractivity (Wildman–Crippen MR) is 112 cm³/mol. The van der Waals surface area contributed by atoms with Crippen LogP contribution in [0, 0.1) is 46.3 Å². The number of hydrogen-bond acceptors (Lipinski definition) is 3. The van der Waals surface area contributed by atoms with Crippen LogP contribution in [0.4, 0.5) is 0 Å². The lowest BCUT2D eigenvalue weighted by Gasteiger charge is -2.61. The zero-order valence-electron chi connectivity index (χ0n) is 18.6. The van der Waals surface area contributed by atoms with Crippen molar-refractivity contribution in [2.75, 3.05) is 7.11 Å². The maximum absolute atomic E-state index is 11.6. The van der Waals surface area contributed by atoms with Gasteiger partial charge in [0.15, 0.2) is 0 Å². The molecule has 1 N–H and O–H groups in total. The van der Waals surface area contributed by atoms with E-state index < -0.39 is 0 Å². The number of ether oxygens (including phenoxy) is 1. The molecule has 4 saturated carbocycles. The van der Waals surface area contributed by atoms with Crippen LogP contribution in [-0.2, 0) is 9.53 Å². The molecule has 0 heterocycles. The summed E-state index contributed by atoms with van der Waals surface area (Å²) in [6.07, 6.45) is 13.1. The average Bonchev–Trinajstić information content (AvgIpc) is 3.03. The largest absolute Gasteiger partial charge is 0.469 e. The first-order valence-electron chi connectivity index (χ1n) is 12.0. The van der Waals surface area contributed by atoms with Gasteiger partial charge >= 0.3 is 5.97 Å². The van der Waals surface area contributed by atoms with Gasteiger partial charge in [-0.1, -0.05) is 20.8 Å². The second-order valence-electron chi connectivity index (χ2n) is 11.4. The highest BCUT2D eigenvalue weighted by atomic mass is 16.5. The van der Waals surface area contributed by atoms with Gasteiger partial charge in [0.2, 0.25) is 0 Å². The van der Waals surface area contributed by atoms with Gasteiger partial charge in [-0.05, 0) is 111 Å². The molecule has 0 aromatic rings. The number of esters is 1. The van der Waals surface area contributed by atoms with Crippen LogP contribution < -0.4 is 0 Å². The monoisotopic (exact) mass is 390 g/mol. The van der Waals surface area contributed by atoms with Crippen LogP contribution in [0.25, 0.3) is 0 Å². The summed E-state index contributed by atoms with van der Waals surface area (Å²) in [6, 6.07) is 0. The quantitative estimate of drug-likeness (QED) is 0.636. The highest BCUT2D eigenvalue weighted by molar-refractivity contribution is 5.69. The fourth-order valence-corrected chi connectivity index (χ4v) is 8.86. The lowest BCUT2D eigenvalue weighted by molar-refractivity contribution is -0.141. The molecule has 160 valence electrons. The third kappa shape index (κ3) is 3.24. The van der Waals surface area contributed by atoms with Crippen LogP contribution >= 0.6 is 0 Å². The number of carbonyl (C=O) groups is 1. The van der Waals surface area contributed by atoms with Crippen molar-refractivity contribution >= 4 is 5.97 Å². The van der Waals surface area contributed by atoms with Crippen molar-refractivity contribution in [2.24, 2.45) is 46.3 Å². The van der Waals surface area contributed by atoms with Gasteiger partial charge in [0.25, 0.3) is 0 Å². The number of rotatable bonds is 4. The molecule has 3 nitrogen and oxygen atoms in total. The van der Waals surface area contributed by atoms with Gasteiger partial charge < -0.3 is 9.84 Å². The summed E-state index contributed by atoms with van der Waals surface area (Å²) >= 11 is 0. The molecule has 4 aliphatic carbocycles. The van der Waals surface area contributed by atoms with E-state index >= 15 is 0 Å². The highest BCUT2D eigenvalue weighted by Gasteiger charge is 2.60. The molecular weight excluding hydrogens is 348 g/mol. The lowest BCUT2D eigenvalue weighted by Crippen LogP contribution is -2.54. The zero-order chi connectivity index (χ0) is 20.1. The Hall–Kier alpha value is -0.570. The third-order valence-corrected chi connectivity index (χ3v) is 10.4. The first-order valence-corrected chi connectivity index (χ1v) is 12.0. The minimum absolute atomic E-state index is 0.0463. The summed E-state index contributed by atoms with van der Waals surface area (Å²) in [4.78, 5) is 11.6. The summed E-state index contributed by atoms with van der Waals surface area (Å²) in [6.45, 7) is 7.56. The molecule has 0 aromatic carbocycles. The maximum Gasteiger partial charge on any atom is 0.305 e. The Morgan fingerprint density at radius 2 is 1.75 bits per heavy atom. The summed E-state index contributed by atoms with van der Waals surface area (Å²) in [5, 5.41) is 10.2. The number of fused-ring (bicyclic) bond motifs is 5. The summed E-state index contributed by atoms with van der Waals surface area (Å²) < 4.78 is 4.88. The lowest BCUT2D eigenvalue weighted by atomic mass is 9.44. The van der Waals surface area contributed by atoms with Gasteiger partial charge in [-0.25, -0.2) is 0 Å². The third-order valence-electron chi connectivity index (χ3n) is 10.4. The number of carbonyl (C=O) groups excluding carboxylic acids is 1. The molecule has 0 bridgehead atoms. The Labute approximate surface area is 172 Å². The molecule has 4 aliphatic rings. The molecule has 0 radical (unpaired) electrons. The van der Waals surface area contributed by atoms with Crippen molar-refractivity contribution in [2.45, 2.75) is 97.5 Å². The van der Waals surface area contributed by atoms with Gasteiger partial charge in [0.1, 0.15) is 0 Å². The molecule has 3 heteroatoms. The number of aliphatic hydroxyl groups excluding tert-OH is 1. The molecule has 0 aliphatic heterocycles. The van der Waals surface area contributed by atoms with Crippen LogP contribution in [0.1, 0.15) is 91.4 Å². The minimum atomic E-state index is -0.0546. The van der Waals surface area contributed by atoms with Crippen molar-refractivity contribution in [3.63, 3.8) is 0 Å². The van der Waals surface area contributed by atoms with E-state index in [9.17, 15) is 9.90 Å². The maximum atomic E-state index is 11.6. The fourth-order valence-electron chi connectivity index (χ4n) is 8.86. The first kappa shape index (κ1) is 20.7. The Morgan fingerprint density at radius 1 is 1.04 bits per heavy atom. The molecule has 4 fully saturated rings. The molecule has 0 aromatic heterocycles. The SMILES string of the molecule is COC(=O)CC[C@H](C)[C@@H]1CC[C@@H]2[C@H]3CC[C@H]4C[C@@H](O)CC[C@@]4(C)[C@@H]3CC[C@]21C. The van der Waals surface area contributed by atoms with Gasteiger partial charge in [0.05, 0.1) is 13.2 Å². The van der Waals surface area contributed by atoms with Crippen LogP contribution in [-0.4, -0.2) is 24.3 Å². The Bertz CT molecular complexity index is 588. The van der Waals surface area contributed by atoms with Crippen LogP contribution in [0.15, 0.2) is 0 Å². The molecule has 28 heavy (non-hydrogen) atoms. The topological polar surface area (TPSA) is 46.5 Å². The molecule has 0 saturated heterocycles. The van der Waals surface area contributed by atoms with E-state index in [1.54, 1.807) is 0 Å². The van der Waals surface area contributed by atoms with Crippen LogP contribution in [0.5, 0.6) is 0 Å². The Balaban J connectivity index is 1.48. The molecule has 0 amide bonds. The highest BCUT2D eigenvalue weighted by Crippen LogP contribution is 2.68. The molecule has 9 atom stereocenters.